The zero-order chi connectivity index (χ0) is 14.0. The van der Waals surface area contributed by atoms with Gasteiger partial charge in [0.25, 0.3) is 0 Å². The molecule has 1 amide bonds. The first-order valence-corrected chi connectivity index (χ1v) is 6.23. The zero-order valence-corrected chi connectivity index (χ0v) is 11.0. The van der Waals surface area contributed by atoms with Crippen molar-refractivity contribution in [2.45, 2.75) is 13.8 Å². The van der Waals surface area contributed by atoms with Gasteiger partial charge >= 0.3 is 5.97 Å². The molecule has 0 aromatic carbocycles. The van der Waals surface area contributed by atoms with Crippen LogP contribution < -0.4 is 0 Å². The summed E-state index contributed by atoms with van der Waals surface area (Å²) < 4.78 is 5.33. The van der Waals surface area contributed by atoms with E-state index in [9.17, 15) is 9.59 Å². The van der Waals surface area contributed by atoms with Crippen molar-refractivity contribution in [1.29, 1.82) is 0 Å². The van der Waals surface area contributed by atoms with Gasteiger partial charge in [-0.05, 0) is 31.1 Å². The van der Waals surface area contributed by atoms with Gasteiger partial charge in [-0.1, -0.05) is 6.92 Å². The van der Waals surface area contributed by atoms with Gasteiger partial charge in [-0.2, -0.15) is 0 Å². The van der Waals surface area contributed by atoms with Crippen LogP contribution in [0.3, 0.4) is 0 Å². The van der Waals surface area contributed by atoms with Gasteiger partial charge in [-0.25, -0.2) is 0 Å². The summed E-state index contributed by atoms with van der Waals surface area (Å²) in [7, 11) is 0. The number of hydrogen-bond donors (Lipinski definition) is 1. The molecular formula is C14H17NO4. The second-order valence-electron chi connectivity index (χ2n) is 4.95. The molecule has 1 aromatic heterocycles. The number of carbonyl (C=O) groups is 2. The van der Waals surface area contributed by atoms with Gasteiger partial charge in [0.1, 0.15) is 11.5 Å². The molecule has 1 aliphatic heterocycles. The van der Waals surface area contributed by atoms with Gasteiger partial charge < -0.3 is 14.4 Å². The van der Waals surface area contributed by atoms with E-state index in [2.05, 4.69) is 0 Å². The maximum Gasteiger partial charge on any atom is 0.308 e. The highest BCUT2D eigenvalue weighted by atomic mass is 16.4. The van der Waals surface area contributed by atoms with Crippen LogP contribution in [-0.4, -0.2) is 35.0 Å². The van der Waals surface area contributed by atoms with E-state index in [1.165, 1.54) is 6.08 Å². The molecule has 2 rings (SSSR count). The lowest BCUT2D eigenvalue weighted by molar-refractivity contribution is -0.142. The fraction of sp³-hybridized carbons (Fsp3) is 0.429. The molecule has 102 valence electrons. The summed E-state index contributed by atoms with van der Waals surface area (Å²) in [6.45, 7) is 4.44. The first kappa shape index (κ1) is 13.4. The Morgan fingerprint density at radius 1 is 1.42 bits per heavy atom. The van der Waals surface area contributed by atoms with Crippen LogP contribution in [0.2, 0.25) is 0 Å². The van der Waals surface area contributed by atoms with Crippen LogP contribution >= 0.6 is 0 Å². The first-order chi connectivity index (χ1) is 8.97. The van der Waals surface area contributed by atoms with E-state index in [1.54, 1.807) is 17.0 Å². The molecule has 1 fully saturated rings. The fourth-order valence-electron chi connectivity index (χ4n) is 2.27. The van der Waals surface area contributed by atoms with Crippen molar-refractivity contribution in [3.05, 3.63) is 29.7 Å². The molecule has 0 bridgehead atoms. The van der Waals surface area contributed by atoms with Gasteiger partial charge in [-0.3, -0.25) is 9.59 Å². The Morgan fingerprint density at radius 2 is 2.16 bits per heavy atom. The summed E-state index contributed by atoms with van der Waals surface area (Å²) in [5, 5.41) is 9.02. The minimum Gasteiger partial charge on any atom is -0.481 e. The summed E-state index contributed by atoms with van der Waals surface area (Å²) in [6.07, 6.45) is 3.03. The monoisotopic (exact) mass is 263 g/mol. The summed E-state index contributed by atoms with van der Waals surface area (Å²) in [6, 6.07) is 3.61. The van der Waals surface area contributed by atoms with Crippen LogP contribution in [0.15, 0.2) is 22.6 Å². The highest BCUT2D eigenvalue weighted by Crippen LogP contribution is 2.23. The lowest BCUT2D eigenvalue weighted by atomic mass is 9.99. The number of furan rings is 1. The predicted molar refractivity (Wildman–Crippen MR) is 69.3 cm³/mol. The largest absolute Gasteiger partial charge is 0.481 e. The quantitative estimate of drug-likeness (QED) is 0.844. The number of carbonyl (C=O) groups excluding carboxylic acids is 1. The average Bonchev–Trinajstić information content (AvgIpc) is 2.92. The molecule has 0 radical (unpaired) electrons. The molecule has 5 heteroatoms. The third kappa shape index (κ3) is 3.05. The molecule has 1 aliphatic rings. The number of rotatable bonds is 3. The van der Waals surface area contributed by atoms with Gasteiger partial charge in [-0.15, -0.1) is 0 Å². The Kier molecular flexibility index (Phi) is 3.74. The second kappa shape index (κ2) is 5.30. The number of carboxylic acids is 1. The van der Waals surface area contributed by atoms with Crippen LogP contribution in [0, 0.1) is 18.8 Å². The molecular weight excluding hydrogens is 246 g/mol. The van der Waals surface area contributed by atoms with Gasteiger partial charge in [0, 0.05) is 19.2 Å². The molecule has 19 heavy (non-hydrogen) atoms. The number of carboxylic acid groups (broad SMARTS) is 1. The number of aliphatic carboxylic acids is 1. The summed E-state index contributed by atoms with van der Waals surface area (Å²) in [5.74, 6) is -0.0947. The Balaban J connectivity index is 1.98. The smallest absolute Gasteiger partial charge is 0.308 e. The number of hydrogen-bond acceptors (Lipinski definition) is 3. The highest BCUT2D eigenvalue weighted by molar-refractivity contribution is 5.92. The molecule has 0 aliphatic carbocycles. The van der Waals surface area contributed by atoms with E-state index < -0.39 is 11.9 Å². The minimum atomic E-state index is -0.839. The normalized spacial score (nSPS) is 23.2. The topological polar surface area (TPSA) is 70.8 Å². The lowest BCUT2D eigenvalue weighted by Gasteiger charge is -2.12. The summed E-state index contributed by atoms with van der Waals surface area (Å²) in [5.41, 5.74) is 0. The summed E-state index contributed by atoms with van der Waals surface area (Å²) in [4.78, 5) is 24.5. The van der Waals surface area contributed by atoms with E-state index in [0.717, 1.165) is 5.76 Å². The Labute approximate surface area is 111 Å². The minimum absolute atomic E-state index is 0.0132. The Morgan fingerprint density at radius 3 is 2.68 bits per heavy atom. The van der Waals surface area contributed by atoms with Crippen LogP contribution in [0.4, 0.5) is 0 Å². The van der Waals surface area contributed by atoms with E-state index in [-0.39, 0.29) is 18.4 Å². The first-order valence-electron chi connectivity index (χ1n) is 6.23. The predicted octanol–water partition coefficient (Wildman–Crippen LogP) is 1.78. The molecule has 0 saturated carbocycles. The zero-order valence-electron chi connectivity index (χ0n) is 11.0. The van der Waals surface area contributed by atoms with Crippen molar-refractivity contribution in [1.82, 2.24) is 4.90 Å². The fourth-order valence-corrected chi connectivity index (χ4v) is 2.27. The molecule has 0 spiro atoms. The van der Waals surface area contributed by atoms with Crippen molar-refractivity contribution in [2.75, 3.05) is 13.1 Å². The van der Waals surface area contributed by atoms with E-state index in [4.69, 9.17) is 9.52 Å². The molecule has 5 nitrogen and oxygen atoms in total. The van der Waals surface area contributed by atoms with Crippen molar-refractivity contribution in [3.8, 4) is 0 Å². The molecule has 1 N–H and O–H groups in total. The molecule has 1 saturated heterocycles. The van der Waals surface area contributed by atoms with Gasteiger partial charge in [0.2, 0.25) is 5.91 Å². The SMILES string of the molecule is Cc1ccc(/C=C/C(=O)N2C[C@@H](C)[C@H](C(=O)O)C2)o1. The molecule has 2 heterocycles. The van der Waals surface area contributed by atoms with E-state index in [1.807, 2.05) is 19.9 Å². The third-order valence-electron chi connectivity index (χ3n) is 3.39. The summed E-state index contributed by atoms with van der Waals surface area (Å²) >= 11 is 0. The van der Waals surface area contributed by atoms with Crippen LogP contribution in [0.5, 0.6) is 0 Å². The number of nitrogens with zero attached hydrogens (tertiary/aromatic N) is 1. The Hall–Kier alpha value is -2.04. The maximum absolute atomic E-state index is 11.9. The Bertz CT molecular complexity index is 517. The number of aryl methyl sites for hydroxylation is 1. The van der Waals surface area contributed by atoms with Crippen LogP contribution in [0.25, 0.3) is 6.08 Å². The van der Waals surface area contributed by atoms with E-state index in [0.29, 0.717) is 12.3 Å². The van der Waals surface area contributed by atoms with Crippen molar-refractivity contribution >= 4 is 18.0 Å². The third-order valence-corrected chi connectivity index (χ3v) is 3.39. The average molecular weight is 263 g/mol. The number of amides is 1. The highest BCUT2D eigenvalue weighted by Gasteiger charge is 2.36. The number of likely N-dealkylation sites (tertiary alicyclic amines) is 1. The second-order valence-corrected chi connectivity index (χ2v) is 4.95. The lowest BCUT2D eigenvalue weighted by Crippen LogP contribution is -2.28. The van der Waals surface area contributed by atoms with E-state index >= 15 is 0 Å². The van der Waals surface area contributed by atoms with Crippen molar-refractivity contribution < 1.29 is 19.1 Å². The molecule has 0 unspecified atom stereocenters. The van der Waals surface area contributed by atoms with Crippen LogP contribution in [0.1, 0.15) is 18.4 Å². The van der Waals surface area contributed by atoms with Gasteiger partial charge in [0.15, 0.2) is 0 Å². The van der Waals surface area contributed by atoms with Gasteiger partial charge in [0.05, 0.1) is 5.92 Å². The molecule has 2 atom stereocenters. The van der Waals surface area contributed by atoms with Crippen LogP contribution in [-0.2, 0) is 9.59 Å². The van der Waals surface area contributed by atoms with Crippen molar-refractivity contribution in [2.24, 2.45) is 11.8 Å². The standard InChI is InChI=1S/C14H17NO4/c1-9-7-15(8-12(9)14(17)18)13(16)6-5-11-4-3-10(2)19-11/h3-6,9,12H,7-8H2,1-2H3,(H,17,18)/b6-5+/t9-,12-/m1/s1. The maximum atomic E-state index is 11.9. The molecule has 1 aromatic rings. The van der Waals surface area contributed by atoms with Crippen molar-refractivity contribution in [3.63, 3.8) is 0 Å².